The highest BCUT2D eigenvalue weighted by atomic mass is 16.6. The summed E-state index contributed by atoms with van der Waals surface area (Å²) in [4.78, 5) is 30.1. The molecule has 0 spiro atoms. The van der Waals surface area contributed by atoms with Gasteiger partial charge >= 0.3 is 12.1 Å². The van der Waals surface area contributed by atoms with Crippen LogP contribution in [0.25, 0.3) is 11.4 Å². The van der Waals surface area contributed by atoms with Crippen LogP contribution in [0.2, 0.25) is 0 Å². The molecule has 1 atom stereocenters. The van der Waals surface area contributed by atoms with Gasteiger partial charge in [0.25, 0.3) is 0 Å². The van der Waals surface area contributed by atoms with Crippen LogP contribution in [0.15, 0.2) is 53.1 Å². The number of carbonyl (C=O) groups excluding carboxylic acids is 2. The van der Waals surface area contributed by atoms with Crippen molar-refractivity contribution in [3.05, 3.63) is 65.5 Å². The molecule has 3 aromatic rings. The largest absolute Gasteiger partial charge is 0.444 e. The lowest BCUT2D eigenvalue weighted by Crippen LogP contribution is -2.36. The highest BCUT2D eigenvalue weighted by molar-refractivity contribution is 5.92. The van der Waals surface area contributed by atoms with Crippen LogP contribution in [-0.2, 0) is 4.74 Å². The normalized spacial score (nSPS) is 12.2. The number of hydrogen-bond donors (Lipinski definition) is 1. The van der Waals surface area contributed by atoms with Gasteiger partial charge in [-0.2, -0.15) is 4.98 Å². The molecule has 0 saturated heterocycles. The SMILES string of the molecule is Cc1nc(-c2cccc(C(=O)Oc3ccc(C(O)CN(C)C(=O)OC(C)(C)C)cc3)c2)no1. The Kier molecular flexibility index (Phi) is 7.13. The molecule has 0 bridgehead atoms. The summed E-state index contributed by atoms with van der Waals surface area (Å²) in [6, 6.07) is 13.2. The summed E-state index contributed by atoms with van der Waals surface area (Å²) >= 11 is 0. The highest BCUT2D eigenvalue weighted by Gasteiger charge is 2.22. The third-order valence-electron chi connectivity index (χ3n) is 4.51. The molecule has 0 aliphatic carbocycles. The van der Waals surface area contributed by atoms with Crippen molar-refractivity contribution in [2.24, 2.45) is 0 Å². The molecule has 9 nitrogen and oxygen atoms in total. The van der Waals surface area contributed by atoms with E-state index in [9.17, 15) is 14.7 Å². The zero-order valence-electron chi connectivity index (χ0n) is 19.2. The zero-order valence-corrected chi connectivity index (χ0v) is 19.2. The molecule has 1 N–H and O–H groups in total. The van der Waals surface area contributed by atoms with Crippen LogP contribution in [0.1, 0.15) is 48.7 Å². The van der Waals surface area contributed by atoms with E-state index in [1.807, 2.05) is 0 Å². The van der Waals surface area contributed by atoms with Crippen molar-refractivity contribution in [2.45, 2.75) is 39.4 Å². The second kappa shape index (κ2) is 9.83. The van der Waals surface area contributed by atoms with E-state index in [0.717, 1.165) is 0 Å². The van der Waals surface area contributed by atoms with Crippen molar-refractivity contribution in [2.75, 3.05) is 13.6 Å². The number of aliphatic hydroxyl groups excluding tert-OH is 1. The second-order valence-corrected chi connectivity index (χ2v) is 8.55. The third-order valence-corrected chi connectivity index (χ3v) is 4.51. The molecule has 174 valence electrons. The Hall–Kier alpha value is -3.72. The molecule has 1 unspecified atom stereocenters. The average Bonchev–Trinajstić information content (AvgIpc) is 3.19. The molecular formula is C24H27N3O6. The topological polar surface area (TPSA) is 115 Å². The van der Waals surface area contributed by atoms with Crippen LogP contribution in [-0.4, -0.2) is 51.4 Å². The first kappa shape index (κ1) is 23.9. The maximum atomic E-state index is 12.6. The van der Waals surface area contributed by atoms with Crippen LogP contribution in [0.3, 0.4) is 0 Å². The number of carbonyl (C=O) groups is 2. The van der Waals surface area contributed by atoms with Crippen molar-refractivity contribution in [3.63, 3.8) is 0 Å². The Morgan fingerprint density at radius 2 is 1.85 bits per heavy atom. The van der Waals surface area contributed by atoms with Gasteiger partial charge in [-0.1, -0.05) is 29.4 Å². The standard InChI is InChI=1S/C24H27N3O6/c1-15-25-21(26-33-15)17-7-6-8-18(13-17)22(29)31-19-11-9-16(10-12-19)20(28)14-27(5)23(30)32-24(2,3)4/h6-13,20,28H,14H2,1-5H3. The van der Waals surface area contributed by atoms with E-state index in [0.29, 0.717) is 34.2 Å². The predicted octanol–water partition coefficient (Wildman–Crippen LogP) is 4.16. The number of likely N-dealkylation sites (N-methyl/N-ethyl adjacent to an activating group) is 1. The molecule has 0 aliphatic rings. The highest BCUT2D eigenvalue weighted by Crippen LogP contribution is 2.22. The van der Waals surface area contributed by atoms with Crippen LogP contribution in [0, 0.1) is 6.92 Å². The Morgan fingerprint density at radius 1 is 1.15 bits per heavy atom. The fraction of sp³-hybridized carbons (Fsp3) is 0.333. The van der Waals surface area contributed by atoms with Crippen molar-refractivity contribution in [1.82, 2.24) is 15.0 Å². The van der Waals surface area contributed by atoms with Crippen LogP contribution < -0.4 is 4.74 Å². The Bertz CT molecular complexity index is 1120. The third kappa shape index (κ3) is 6.63. The van der Waals surface area contributed by atoms with Gasteiger partial charge in [-0.3, -0.25) is 0 Å². The Morgan fingerprint density at radius 3 is 2.45 bits per heavy atom. The summed E-state index contributed by atoms with van der Waals surface area (Å²) in [5.41, 5.74) is 0.915. The van der Waals surface area contributed by atoms with Gasteiger partial charge in [0.15, 0.2) is 0 Å². The van der Waals surface area contributed by atoms with Crippen molar-refractivity contribution in [3.8, 4) is 17.1 Å². The van der Waals surface area contributed by atoms with Gasteiger partial charge in [0.1, 0.15) is 11.4 Å². The molecule has 1 heterocycles. The van der Waals surface area contributed by atoms with E-state index in [-0.39, 0.29) is 6.54 Å². The smallest absolute Gasteiger partial charge is 0.410 e. The number of ether oxygens (including phenoxy) is 2. The molecule has 0 saturated carbocycles. The zero-order chi connectivity index (χ0) is 24.2. The molecule has 0 aliphatic heterocycles. The lowest BCUT2D eigenvalue weighted by molar-refractivity contribution is 0.0205. The van der Waals surface area contributed by atoms with E-state index in [1.54, 1.807) is 83.3 Å². The minimum atomic E-state index is -0.928. The van der Waals surface area contributed by atoms with Crippen molar-refractivity contribution in [1.29, 1.82) is 0 Å². The molecule has 9 heteroatoms. The molecule has 33 heavy (non-hydrogen) atoms. The van der Waals surface area contributed by atoms with E-state index in [1.165, 1.54) is 4.90 Å². The maximum absolute atomic E-state index is 12.6. The van der Waals surface area contributed by atoms with Crippen molar-refractivity contribution >= 4 is 12.1 Å². The van der Waals surface area contributed by atoms with Crippen LogP contribution >= 0.6 is 0 Å². The molecule has 1 amide bonds. The van der Waals surface area contributed by atoms with Gasteiger partial charge in [0.2, 0.25) is 11.7 Å². The predicted molar refractivity (Wildman–Crippen MR) is 120 cm³/mol. The molecular weight excluding hydrogens is 426 g/mol. The van der Waals surface area contributed by atoms with Gasteiger partial charge in [0, 0.05) is 19.5 Å². The first-order valence-electron chi connectivity index (χ1n) is 10.4. The monoisotopic (exact) mass is 453 g/mol. The lowest BCUT2D eigenvalue weighted by atomic mass is 10.1. The summed E-state index contributed by atoms with van der Waals surface area (Å²) in [5, 5.41) is 14.3. The minimum Gasteiger partial charge on any atom is -0.444 e. The summed E-state index contributed by atoms with van der Waals surface area (Å²) in [6.45, 7) is 7.06. The number of aromatic nitrogens is 2. The quantitative estimate of drug-likeness (QED) is 0.437. The number of rotatable bonds is 6. The van der Waals surface area contributed by atoms with Crippen LogP contribution in [0.5, 0.6) is 5.75 Å². The molecule has 0 fully saturated rings. The van der Waals surface area contributed by atoms with Crippen molar-refractivity contribution < 1.29 is 28.7 Å². The fourth-order valence-electron chi connectivity index (χ4n) is 2.90. The lowest BCUT2D eigenvalue weighted by Gasteiger charge is -2.26. The van der Waals surface area contributed by atoms with Gasteiger partial charge in [-0.05, 0) is 50.6 Å². The first-order chi connectivity index (χ1) is 15.5. The number of benzene rings is 2. The number of amides is 1. The number of nitrogens with zero attached hydrogens (tertiary/aromatic N) is 3. The molecule has 2 aromatic carbocycles. The van der Waals surface area contributed by atoms with E-state index in [2.05, 4.69) is 10.1 Å². The maximum Gasteiger partial charge on any atom is 0.410 e. The van der Waals surface area contributed by atoms with E-state index < -0.39 is 23.8 Å². The van der Waals surface area contributed by atoms with Gasteiger partial charge < -0.3 is 24.0 Å². The Labute approximate surface area is 191 Å². The molecule has 3 rings (SSSR count). The minimum absolute atomic E-state index is 0.0520. The second-order valence-electron chi connectivity index (χ2n) is 8.55. The Balaban J connectivity index is 1.61. The number of aliphatic hydroxyl groups is 1. The van der Waals surface area contributed by atoms with E-state index in [4.69, 9.17) is 14.0 Å². The van der Waals surface area contributed by atoms with Gasteiger partial charge in [0.05, 0.1) is 18.2 Å². The number of aryl methyl sites for hydroxylation is 1. The summed E-state index contributed by atoms with van der Waals surface area (Å²) in [6.07, 6.45) is -1.45. The fourth-order valence-corrected chi connectivity index (χ4v) is 2.90. The molecule has 1 aromatic heterocycles. The number of hydrogen-bond acceptors (Lipinski definition) is 8. The molecule has 0 radical (unpaired) electrons. The first-order valence-corrected chi connectivity index (χ1v) is 10.4. The number of esters is 1. The summed E-state index contributed by atoms with van der Waals surface area (Å²) in [5.74, 6) is 0.585. The van der Waals surface area contributed by atoms with Gasteiger partial charge in [-0.25, -0.2) is 9.59 Å². The van der Waals surface area contributed by atoms with Crippen LogP contribution in [0.4, 0.5) is 4.79 Å². The summed E-state index contributed by atoms with van der Waals surface area (Å²) in [7, 11) is 1.55. The summed E-state index contributed by atoms with van der Waals surface area (Å²) < 4.78 is 15.7. The van der Waals surface area contributed by atoms with Gasteiger partial charge in [-0.15, -0.1) is 0 Å². The average molecular weight is 453 g/mol. The van der Waals surface area contributed by atoms with E-state index >= 15 is 0 Å².